The number of likely N-dealkylation sites (tertiary alicyclic amines) is 1. The summed E-state index contributed by atoms with van der Waals surface area (Å²) in [4.78, 5) is 14.3. The highest BCUT2D eigenvalue weighted by atomic mass is 32.1. The summed E-state index contributed by atoms with van der Waals surface area (Å²) in [5.41, 5.74) is 5.40. The molecule has 1 aliphatic rings. The molecule has 0 saturated carbocycles. The van der Waals surface area contributed by atoms with Gasteiger partial charge in [-0.15, -0.1) is 0 Å². The lowest BCUT2D eigenvalue weighted by atomic mass is 10.0. The van der Waals surface area contributed by atoms with E-state index in [0.29, 0.717) is 17.5 Å². The highest BCUT2D eigenvalue weighted by Gasteiger charge is 2.20. The van der Waals surface area contributed by atoms with Crippen LogP contribution < -0.4 is 11.1 Å². The molecule has 5 heteroatoms. The lowest BCUT2D eigenvalue weighted by molar-refractivity contribution is 0.169. The van der Waals surface area contributed by atoms with Gasteiger partial charge in [-0.1, -0.05) is 19.1 Å². The van der Waals surface area contributed by atoms with E-state index in [0.717, 1.165) is 38.8 Å². The van der Waals surface area contributed by atoms with Crippen LogP contribution >= 0.6 is 12.2 Å². The number of nitrogens with two attached hydrogens (primary N) is 1. The van der Waals surface area contributed by atoms with Crippen molar-refractivity contribution in [3.63, 3.8) is 0 Å². The summed E-state index contributed by atoms with van der Waals surface area (Å²) in [6, 6.07) is 0.0758. The zero-order valence-electron chi connectivity index (χ0n) is 10.6. The maximum absolute atomic E-state index is 11.8. The van der Waals surface area contributed by atoms with Crippen LogP contribution in [-0.4, -0.2) is 35.6 Å². The largest absolute Gasteiger partial charge is 0.393 e. The van der Waals surface area contributed by atoms with E-state index in [1.165, 1.54) is 6.42 Å². The first-order chi connectivity index (χ1) is 8.09. The summed E-state index contributed by atoms with van der Waals surface area (Å²) >= 11 is 4.79. The zero-order valence-corrected chi connectivity index (χ0v) is 11.4. The lowest BCUT2D eigenvalue weighted by Gasteiger charge is -2.30. The number of rotatable bonds is 5. The standard InChI is InChI=1S/C12H23N3OS/c1-10-5-4-8-15(9-10)12(16)14-7-3-2-6-11(13)17/h10H,2-9H2,1H3,(H2,13,17)(H,14,16). The number of piperidine rings is 1. The van der Waals surface area contributed by atoms with Crippen LogP contribution in [0.2, 0.25) is 0 Å². The number of amides is 2. The minimum absolute atomic E-state index is 0.0758. The third-order valence-corrected chi connectivity index (χ3v) is 3.27. The van der Waals surface area contributed by atoms with Gasteiger partial charge in [0.15, 0.2) is 0 Å². The van der Waals surface area contributed by atoms with Crippen LogP contribution in [-0.2, 0) is 0 Å². The zero-order chi connectivity index (χ0) is 12.7. The molecule has 1 heterocycles. The molecule has 0 spiro atoms. The average molecular weight is 257 g/mol. The highest BCUT2D eigenvalue weighted by Crippen LogP contribution is 2.15. The van der Waals surface area contributed by atoms with Crippen LogP contribution in [0.5, 0.6) is 0 Å². The van der Waals surface area contributed by atoms with Crippen molar-refractivity contribution in [1.29, 1.82) is 0 Å². The molecule has 0 aromatic rings. The first-order valence-corrected chi connectivity index (χ1v) is 6.81. The number of carbonyl (C=O) groups is 1. The van der Waals surface area contributed by atoms with Crippen molar-refractivity contribution in [2.75, 3.05) is 19.6 Å². The van der Waals surface area contributed by atoms with Gasteiger partial charge in [0.05, 0.1) is 4.99 Å². The van der Waals surface area contributed by atoms with Crippen LogP contribution in [0.15, 0.2) is 0 Å². The van der Waals surface area contributed by atoms with E-state index >= 15 is 0 Å². The van der Waals surface area contributed by atoms with Gasteiger partial charge in [0, 0.05) is 19.6 Å². The number of carbonyl (C=O) groups excluding carboxylic acids is 1. The van der Waals surface area contributed by atoms with Crippen LogP contribution in [0.1, 0.15) is 39.0 Å². The Morgan fingerprint density at radius 3 is 2.94 bits per heavy atom. The number of hydrogen-bond donors (Lipinski definition) is 2. The maximum atomic E-state index is 11.8. The van der Waals surface area contributed by atoms with Crippen LogP contribution in [0, 0.1) is 5.92 Å². The summed E-state index contributed by atoms with van der Waals surface area (Å²) in [5, 5.41) is 2.95. The number of thiocarbonyl (C=S) groups is 1. The molecule has 3 N–H and O–H groups in total. The Kier molecular flexibility index (Phi) is 6.26. The van der Waals surface area contributed by atoms with E-state index < -0.39 is 0 Å². The van der Waals surface area contributed by atoms with Gasteiger partial charge in [0.2, 0.25) is 0 Å². The quantitative estimate of drug-likeness (QED) is 0.584. The number of urea groups is 1. The molecule has 1 rings (SSSR count). The molecule has 4 nitrogen and oxygen atoms in total. The Hall–Kier alpha value is -0.840. The summed E-state index contributed by atoms with van der Waals surface area (Å²) in [5.74, 6) is 0.629. The molecule has 1 aliphatic heterocycles. The predicted molar refractivity (Wildman–Crippen MR) is 74.0 cm³/mol. The van der Waals surface area contributed by atoms with E-state index in [-0.39, 0.29) is 6.03 Å². The van der Waals surface area contributed by atoms with Gasteiger partial charge in [-0.3, -0.25) is 0 Å². The van der Waals surface area contributed by atoms with Gasteiger partial charge in [0.1, 0.15) is 0 Å². The van der Waals surface area contributed by atoms with Crippen LogP contribution in [0.25, 0.3) is 0 Å². The summed E-state index contributed by atoms with van der Waals surface area (Å²) in [7, 11) is 0. The molecule has 0 aromatic carbocycles. The number of nitrogens with one attached hydrogen (secondary N) is 1. The van der Waals surface area contributed by atoms with Crippen molar-refractivity contribution in [2.24, 2.45) is 11.7 Å². The second kappa shape index (κ2) is 7.48. The van der Waals surface area contributed by atoms with Gasteiger partial charge >= 0.3 is 6.03 Å². The van der Waals surface area contributed by atoms with Crippen molar-refractivity contribution < 1.29 is 4.79 Å². The van der Waals surface area contributed by atoms with Gasteiger partial charge in [-0.25, -0.2) is 4.79 Å². The number of unbranched alkanes of at least 4 members (excludes halogenated alkanes) is 1. The van der Waals surface area contributed by atoms with Gasteiger partial charge < -0.3 is 16.0 Å². The first-order valence-electron chi connectivity index (χ1n) is 6.40. The molecule has 2 amide bonds. The number of hydrogen-bond acceptors (Lipinski definition) is 2. The van der Waals surface area contributed by atoms with Gasteiger partial charge in [-0.05, 0) is 38.0 Å². The van der Waals surface area contributed by atoms with E-state index in [1.54, 1.807) is 0 Å². The lowest BCUT2D eigenvalue weighted by Crippen LogP contribution is -2.45. The highest BCUT2D eigenvalue weighted by molar-refractivity contribution is 7.80. The Balaban J connectivity index is 2.10. The second-order valence-electron chi connectivity index (χ2n) is 4.85. The third kappa shape index (κ3) is 5.86. The van der Waals surface area contributed by atoms with Crippen molar-refractivity contribution in [2.45, 2.75) is 39.0 Å². The van der Waals surface area contributed by atoms with E-state index in [2.05, 4.69) is 12.2 Å². The molecule has 0 aromatic heterocycles. The summed E-state index contributed by atoms with van der Waals surface area (Å²) < 4.78 is 0. The van der Waals surface area contributed by atoms with Gasteiger partial charge in [0.25, 0.3) is 0 Å². The monoisotopic (exact) mass is 257 g/mol. The molecule has 1 unspecified atom stereocenters. The van der Waals surface area contributed by atoms with Gasteiger partial charge in [-0.2, -0.15) is 0 Å². The fourth-order valence-electron chi connectivity index (χ4n) is 2.11. The fourth-order valence-corrected chi connectivity index (χ4v) is 2.25. The third-order valence-electron chi connectivity index (χ3n) is 3.07. The molecule has 0 aliphatic carbocycles. The van der Waals surface area contributed by atoms with Crippen molar-refractivity contribution in [3.05, 3.63) is 0 Å². The minimum atomic E-state index is 0.0758. The Bertz CT molecular complexity index is 270. The smallest absolute Gasteiger partial charge is 0.317 e. The van der Waals surface area contributed by atoms with Crippen molar-refractivity contribution in [1.82, 2.24) is 10.2 Å². The van der Waals surface area contributed by atoms with E-state index in [9.17, 15) is 4.79 Å². The SMILES string of the molecule is CC1CCCN(C(=O)NCCCCC(N)=S)C1. The van der Waals surface area contributed by atoms with Crippen molar-refractivity contribution in [3.8, 4) is 0 Å². The molecule has 98 valence electrons. The molecular formula is C12H23N3OS. The summed E-state index contributed by atoms with van der Waals surface area (Å²) in [6.07, 6.45) is 5.01. The van der Waals surface area contributed by atoms with Crippen LogP contribution in [0.4, 0.5) is 4.79 Å². The van der Waals surface area contributed by atoms with Crippen molar-refractivity contribution >= 4 is 23.2 Å². The molecule has 0 bridgehead atoms. The van der Waals surface area contributed by atoms with E-state index in [1.807, 2.05) is 4.90 Å². The molecule has 1 fully saturated rings. The molecule has 0 radical (unpaired) electrons. The minimum Gasteiger partial charge on any atom is -0.393 e. The Labute approximate surface area is 109 Å². The average Bonchev–Trinajstić information content (AvgIpc) is 2.28. The predicted octanol–water partition coefficient (Wildman–Crippen LogP) is 1.88. The van der Waals surface area contributed by atoms with Crippen LogP contribution in [0.3, 0.4) is 0 Å². The first kappa shape index (κ1) is 14.2. The molecule has 1 atom stereocenters. The number of nitrogens with zero attached hydrogens (tertiary/aromatic N) is 1. The Morgan fingerprint density at radius 1 is 1.53 bits per heavy atom. The molecule has 17 heavy (non-hydrogen) atoms. The molecular weight excluding hydrogens is 234 g/mol. The second-order valence-corrected chi connectivity index (χ2v) is 5.37. The normalized spacial score (nSPS) is 20.1. The molecule has 1 saturated heterocycles. The summed E-state index contributed by atoms with van der Waals surface area (Å²) in [6.45, 7) is 4.69. The Morgan fingerprint density at radius 2 is 2.29 bits per heavy atom. The maximum Gasteiger partial charge on any atom is 0.317 e. The topological polar surface area (TPSA) is 58.4 Å². The fraction of sp³-hybridized carbons (Fsp3) is 0.833. The van der Waals surface area contributed by atoms with E-state index in [4.69, 9.17) is 18.0 Å².